The molecular weight excluding hydrogens is 200 g/mol. The van der Waals surface area contributed by atoms with Crippen LogP contribution in [0.3, 0.4) is 0 Å². The second-order valence-corrected chi connectivity index (χ2v) is 2.80. The lowest BCUT2D eigenvalue weighted by molar-refractivity contribution is -0.203. The van der Waals surface area contributed by atoms with E-state index < -0.39 is 26.8 Å². The van der Waals surface area contributed by atoms with E-state index in [1.54, 1.807) is 0 Å². The third kappa shape index (κ3) is 1.95. The van der Waals surface area contributed by atoms with Crippen LogP contribution in [-0.2, 0) is 0 Å². The molecule has 0 aliphatic carbocycles. The first-order valence-electron chi connectivity index (χ1n) is 2.19. The lowest BCUT2D eigenvalue weighted by Gasteiger charge is -2.22. The van der Waals surface area contributed by atoms with Crippen molar-refractivity contribution in [3.05, 3.63) is 0 Å². The molecule has 0 aromatic heterocycles. The van der Waals surface area contributed by atoms with Crippen molar-refractivity contribution in [1.29, 1.82) is 0 Å². The molecule has 0 aromatic carbocycles. The smallest absolute Gasteiger partial charge is 0.247 e. The lowest BCUT2D eigenvalue weighted by atomic mass is 10.4. The summed E-state index contributed by atoms with van der Waals surface area (Å²) in [5, 5.41) is -4.96. The summed E-state index contributed by atoms with van der Waals surface area (Å²) in [6.07, 6.45) is -5.84. The Morgan fingerprint density at radius 1 is 1.00 bits per heavy atom. The molecule has 8 heteroatoms. The number of alkyl halides is 5. The molecule has 0 rings (SSSR count). The minimum Gasteiger partial charge on any atom is -0.247 e. The molecule has 0 saturated heterocycles. The summed E-state index contributed by atoms with van der Waals surface area (Å²) in [6, 6.07) is 0. The van der Waals surface area contributed by atoms with E-state index in [2.05, 4.69) is 0 Å². The molecule has 0 bridgehead atoms. The highest BCUT2D eigenvalue weighted by atomic mass is 31.2. The molecule has 0 heterocycles. The van der Waals surface area contributed by atoms with Crippen molar-refractivity contribution >= 4 is 8.54 Å². The normalized spacial score (nSPS) is 18.5. The Kier molecular flexibility index (Phi) is 3.11. The zero-order valence-electron chi connectivity index (χ0n) is 4.80. The van der Waals surface area contributed by atoms with Crippen LogP contribution in [0.5, 0.6) is 0 Å². The van der Waals surface area contributed by atoms with Gasteiger partial charge in [-0.1, -0.05) is 0 Å². The van der Waals surface area contributed by atoms with Crippen LogP contribution in [0.2, 0.25) is 0 Å². The number of halogens is 7. The summed E-state index contributed by atoms with van der Waals surface area (Å²) in [5.41, 5.74) is 0. The van der Waals surface area contributed by atoms with E-state index in [0.717, 1.165) is 0 Å². The molecule has 0 aliphatic heterocycles. The van der Waals surface area contributed by atoms with E-state index in [1.165, 1.54) is 0 Å². The Bertz CT molecular complexity index is 130. The first-order valence-corrected chi connectivity index (χ1v) is 3.31. The minimum atomic E-state index is -5.84. The van der Waals surface area contributed by atoms with E-state index in [1.807, 2.05) is 0 Å². The van der Waals surface area contributed by atoms with E-state index in [9.17, 15) is 30.3 Å². The summed E-state index contributed by atoms with van der Waals surface area (Å²) in [6.45, 7) is -2.74. The Morgan fingerprint density at radius 2 is 1.36 bits per heavy atom. The SMILES string of the molecule is FCC(F)(P(F)F)C(F)(F)F. The van der Waals surface area contributed by atoms with Gasteiger partial charge in [0.05, 0.1) is 0 Å². The van der Waals surface area contributed by atoms with Crippen molar-refractivity contribution in [2.45, 2.75) is 11.6 Å². The number of hydrogen-bond donors (Lipinski definition) is 0. The lowest BCUT2D eigenvalue weighted by Crippen LogP contribution is -2.39. The average Bonchev–Trinajstić information content (AvgIpc) is 1.83. The van der Waals surface area contributed by atoms with Crippen molar-refractivity contribution in [3.63, 3.8) is 0 Å². The van der Waals surface area contributed by atoms with Crippen molar-refractivity contribution in [2.24, 2.45) is 0 Å². The van der Waals surface area contributed by atoms with Crippen LogP contribution in [0.4, 0.5) is 30.3 Å². The fourth-order valence-corrected chi connectivity index (χ4v) is 0.499. The molecule has 0 N–H and O–H groups in total. The summed E-state index contributed by atoms with van der Waals surface area (Å²) >= 11 is 0. The first-order chi connectivity index (χ1) is 4.75. The third-order valence-corrected chi connectivity index (χ3v) is 1.79. The zero-order valence-corrected chi connectivity index (χ0v) is 5.69. The predicted molar refractivity (Wildman–Crippen MR) is 25.0 cm³/mol. The van der Waals surface area contributed by atoms with Crippen LogP contribution in [-0.4, -0.2) is 18.3 Å². The first kappa shape index (κ1) is 10.9. The van der Waals surface area contributed by atoms with Crippen LogP contribution < -0.4 is 0 Å². The van der Waals surface area contributed by atoms with Gasteiger partial charge in [0, 0.05) is 0 Å². The highest BCUT2D eigenvalue weighted by molar-refractivity contribution is 7.48. The molecule has 0 nitrogen and oxygen atoms in total. The Hall–Kier alpha value is -0.0600. The van der Waals surface area contributed by atoms with E-state index in [-0.39, 0.29) is 0 Å². The van der Waals surface area contributed by atoms with Crippen molar-refractivity contribution in [3.8, 4) is 0 Å². The van der Waals surface area contributed by atoms with Crippen molar-refractivity contribution < 1.29 is 30.3 Å². The van der Waals surface area contributed by atoms with Gasteiger partial charge in [-0.05, 0) is 0 Å². The molecule has 0 radical (unpaired) electrons. The van der Waals surface area contributed by atoms with Crippen LogP contribution in [0, 0.1) is 0 Å². The Balaban J connectivity index is 4.61. The average molecular weight is 202 g/mol. The van der Waals surface area contributed by atoms with Gasteiger partial charge in [0.2, 0.25) is 0 Å². The molecule has 1 atom stereocenters. The molecule has 1 unspecified atom stereocenters. The molecule has 68 valence electrons. The predicted octanol–water partition coefficient (Wildman–Crippen LogP) is 3.43. The largest absolute Gasteiger partial charge is 0.434 e. The second-order valence-electron chi connectivity index (χ2n) is 1.62. The number of hydrogen-bond acceptors (Lipinski definition) is 0. The van der Waals surface area contributed by atoms with Crippen molar-refractivity contribution in [2.75, 3.05) is 6.67 Å². The molecule has 11 heavy (non-hydrogen) atoms. The van der Waals surface area contributed by atoms with Crippen LogP contribution in [0.25, 0.3) is 0 Å². The Morgan fingerprint density at radius 3 is 1.36 bits per heavy atom. The van der Waals surface area contributed by atoms with E-state index in [0.29, 0.717) is 0 Å². The van der Waals surface area contributed by atoms with Gasteiger partial charge < -0.3 is 0 Å². The quantitative estimate of drug-likeness (QED) is 0.475. The molecule has 0 saturated carbocycles. The second kappa shape index (κ2) is 3.13. The van der Waals surface area contributed by atoms with Gasteiger partial charge in [-0.2, -0.15) is 21.6 Å². The monoisotopic (exact) mass is 202 g/mol. The summed E-state index contributed by atoms with van der Waals surface area (Å²) in [4.78, 5) is 0. The molecule has 0 aromatic rings. The summed E-state index contributed by atoms with van der Waals surface area (Å²) < 4.78 is 79.6. The molecule has 0 spiro atoms. The van der Waals surface area contributed by atoms with Crippen LogP contribution in [0.1, 0.15) is 0 Å². The van der Waals surface area contributed by atoms with Crippen LogP contribution >= 0.6 is 8.54 Å². The highest BCUT2D eigenvalue weighted by Crippen LogP contribution is 2.60. The standard InChI is InChI=1S/C3H2F7P/c4-1-2(5,11(9)10)3(6,7)8/h1H2. The van der Waals surface area contributed by atoms with Gasteiger partial charge in [-0.15, -0.1) is 0 Å². The fourth-order valence-electron chi connectivity index (χ4n) is 0.217. The van der Waals surface area contributed by atoms with Crippen LogP contribution in [0.15, 0.2) is 0 Å². The summed E-state index contributed by atoms with van der Waals surface area (Å²) in [7, 11) is -5.00. The van der Waals surface area contributed by atoms with Gasteiger partial charge >= 0.3 is 20.1 Å². The maximum Gasteiger partial charge on any atom is 0.434 e. The van der Waals surface area contributed by atoms with E-state index in [4.69, 9.17) is 0 Å². The van der Waals surface area contributed by atoms with Gasteiger partial charge in [0.15, 0.2) is 0 Å². The maximum atomic E-state index is 11.9. The third-order valence-electron chi connectivity index (χ3n) is 0.879. The summed E-state index contributed by atoms with van der Waals surface area (Å²) in [5.74, 6) is 0. The molecule has 0 fully saturated rings. The van der Waals surface area contributed by atoms with Gasteiger partial charge in [0.25, 0.3) is 0 Å². The Labute approximate surface area is 58.4 Å². The molecule has 0 aliphatic rings. The molecule has 0 amide bonds. The minimum absolute atomic E-state index is 2.74. The molecular formula is C3H2F7P. The zero-order chi connectivity index (χ0) is 9.28. The van der Waals surface area contributed by atoms with E-state index >= 15 is 0 Å². The topological polar surface area (TPSA) is 0 Å². The van der Waals surface area contributed by atoms with Gasteiger partial charge in [-0.3, -0.25) is 0 Å². The fraction of sp³-hybridized carbons (Fsp3) is 1.00. The highest BCUT2D eigenvalue weighted by Gasteiger charge is 2.64. The number of rotatable bonds is 2. The van der Waals surface area contributed by atoms with Crippen molar-refractivity contribution in [1.82, 2.24) is 0 Å². The van der Waals surface area contributed by atoms with Gasteiger partial charge in [-0.25, -0.2) is 8.78 Å². The van der Waals surface area contributed by atoms with Gasteiger partial charge in [0.1, 0.15) is 6.67 Å². The maximum absolute atomic E-state index is 11.9.